The summed E-state index contributed by atoms with van der Waals surface area (Å²) in [5.74, 6) is 1.78. The molecule has 0 unspecified atom stereocenters. The van der Waals surface area contributed by atoms with Gasteiger partial charge < -0.3 is 19.5 Å². The highest BCUT2D eigenvalue weighted by atomic mass is 16.5. The fourth-order valence-electron chi connectivity index (χ4n) is 3.17. The quantitative estimate of drug-likeness (QED) is 0.704. The van der Waals surface area contributed by atoms with Gasteiger partial charge in [-0.25, -0.2) is 4.98 Å². The van der Waals surface area contributed by atoms with Crippen LogP contribution in [0.2, 0.25) is 0 Å². The zero-order valence-corrected chi connectivity index (χ0v) is 16.3. The molecule has 1 aromatic carbocycles. The Morgan fingerprint density at radius 3 is 2.75 bits per heavy atom. The number of carbonyl (C=O) groups excluding carboxylic acids is 1. The van der Waals surface area contributed by atoms with Crippen LogP contribution in [0.5, 0.6) is 17.4 Å². The molecule has 6 heteroatoms. The molecular weight excluding hydrogens is 356 g/mol. The average molecular weight is 382 g/mol. The van der Waals surface area contributed by atoms with E-state index in [1.807, 2.05) is 24.3 Å². The normalized spacial score (nSPS) is 14.2. The number of hydrogen-bond acceptors (Lipinski definition) is 5. The molecule has 1 N–H and O–H groups in total. The number of hydrogen-bond donors (Lipinski definition) is 1. The summed E-state index contributed by atoms with van der Waals surface area (Å²) in [7, 11) is 3.18. The van der Waals surface area contributed by atoms with E-state index in [0.717, 1.165) is 24.0 Å². The van der Waals surface area contributed by atoms with Crippen LogP contribution in [-0.4, -0.2) is 31.2 Å². The number of nitrogens with zero attached hydrogens (tertiary/aromatic N) is 1. The minimum atomic E-state index is -0.187. The van der Waals surface area contributed by atoms with Crippen LogP contribution in [0, 0.1) is 0 Å². The Bertz CT molecular complexity index is 829. The third-order valence-electron chi connectivity index (χ3n) is 4.71. The lowest BCUT2D eigenvalue weighted by Crippen LogP contribution is -2.20. The van der Waals surface area contributed by atoms with Crippen molar-refractivity contribution in [2.24, 2.45) is 0 Å². The summed E-state index contributed by atoms with van der Waals surface area (Å²) in [5.41, 5.74) is 1.75. The Morgan fingerprint density at radius 2 is 2.00 bits per heavy atom. The molecule has 1 aliphatic carbocycles. The number of amides is 1. The first kappa shape index (κ1) is 19.7. The first-order valence-electron chi connectivity index (χ1n) is 9.47. The van der Waals surface area contributed by atoms with Crippen molar-refractivity contribution < 1.29 is 19.0 Å². The molecule has 148 valence electrons. The van der Waals surface area contributed by atoms with E-state index in [2.05, 4.69) is 10.3 Å². The molecule has 3 rings (SSSR count). The van der Waals surface area contributed by atoms with Gasteiger partial charge in [-0.05, 0) is 55.5 Å². The zero-order valence-electron chi connectivity index (χ0n) is 16.3. The van der Waals surface area contributed by atoms with Gasteiger partial charge in [-0.2, -0.15) is 0 Å². The van der Waals surface area contributed by atoms with Gasteiger partial charge in [0, 0.05) is 36.5 Å². The van der Waals surface area contributed by atoms with E-state index >= 15 is 0 Å². The summed E-state index contributed by atoms with van der Waals surface area (Å²) in [6.45, 7) is 0.409. The average Bonchev–Trinajstić information content (AvgIpc) is 3.23. The van der Waals surface area contributed by atoms with Gasteiger partial charge in [0.2, 0.25) is 11.8 Å². The monoisotopic (exact) mass is 382 g/mol. The molecule has 1 saturated carbocycles. The fourth-order valence-corrected chi connectivity index (χ4v) is 3.17. The SMILES string of the molecule is COc1ccc(C=CC(=O)NCc2ccnc(OC3CCCC3)c2)c(OC)c1. The summed E-state index contributed by atoms with van der Waals surface area (Å²) < 4.78 is 16.4. The van der Waals surface area contributed by atoms with Crippen LogP contribution in [0.1, 0.15) is 36.8 Å². The van der Waals surface area contributed by atoms with Crippen molar-refractivity contribution in [3.63, 3.8) is 0 Å². The van der Waals surface area contributed by atoms with Crippen LogP contribution in [-0.2, 0) is 11.3 Å². The first-order valence-corrected chi connectivity index (χ1v) is 9.47. The van der Waals surface area contributed by atoms with Crippen molar-refractivity contribution in [2.75, 3.05) is 14.2 Å². The molecule has 6 nitrogen and oxygen atoms in total. The van der Waals surface area contributed by atoms with Crippen LogP contribution >= 0.6 is 0 Å². The van der Waals surface area contributed by atoms with E-state index in [1.54, 1.807) is 32.6 Å². The van der Waals surface area contributed by atoms with Crippen molar-refractivity contribution >= 4 is 12.0 Å². The van der Waals surface area contributed by atoms with Crippen molar-refractivity contribution in [3.05, 3.63) is 53.7 Å². The van der Waals surface area contributed by atoms with Gasteiger partial charge in [-0.15, -0.1) is 0 Å². The van der Waals surface area contributed by atoms with Crippen molar-refractivity contribution in [2.45, 2.75) is 38.3 Å². The van der Waals surface area contributed by atoms with Gasteiger partial charge in [-0.3, -0.25) is 4.79 Å². The topological polar surface area (TPSA) is 69.7 Å². The molecular formula is C22H26N2O4. The maximum absolute atomic E-state index is 12.2. The third kappa shape index (κ3) is 5.49. The summed E-state index contributed by atoms with van der Waals surface area (Å²) in [5, 5.41) is 2.88. The summed E-state index contributed by atoms with van der Waals surface area (Å²) in [4.78, 5) is 16.4. The van der Waals surface area contributed by atoms with Crippen molar-refractivity contribution in [1.82, 2.24) is 10.3 Å². The summed E-state index contributed by atoms with van der Waals surface area (Å²) in [6.07, 6.45) is 9.78. The van der Waals surface area contributed by atoms with E-state index in [1.165, 1.54) is 18.9 Å². The number of benzene rings is 1. The minimum Gasteiger partial charge on any atom is -0.497 e. The molecule has 1 heterocycles. The molecule has 1 aromatic heterocycles. The number of pyridine rings is 1. The number of methoxy groups -OCH3 is 2. The van der Waals surface area contributed by atoms with Crippen molar-refractivity contribution in [1.29, 1.82) is 0 Å². The third-order valence-corrected chi connectivity index (χ3v) is 4.71. The Labute approximate surface area is 165 Å². The largest absolute Gasteiger partial charge is 0.497 e. The van der Waals surface area contributed by atoms with Gasteiger partial charge in [0.1, 0.15) is 17.6 Å². The second kappa shape index (κ2) is 9.78. The highest BCUT2D eigenvalue weighted by molar-refractivity contribution is 5.92. The zero-order chi connectivity index (χ0) is 19.8. The Balaban J connectivity index is 1.55. The molecule has 0 radical (unpaired) electrons. The minimum absolute atomic E-state index is 0.187. The summed E-state index contributed by atoms with van der Waals surface area (Å²) in [6, 6.07) is 9.20. The molecule has 0 aliphatic heterocycles. The van der Waals surface area contributed by atoms with Gasteiger partial charge in [0.15, 0.2) is 0 Å². The predicted molar refractivity (Wildman–Crippen MR) is 108 cm³/mol. The molecule has 0 bridgehead atoms. The first-order chi connectivity index (χ1) is 13.7. The molecule has 0 saturated heterocycles. The standard InChI is InChI=1S/C22H26N2O4/c1-26-19-9-7-17(20(14-19)27-2)8-10-21(25)24-15-16-11-12-23-22(13-16)28-18-5-3-4-6-18/h7-14,18H,3-6,15H2,1-2H3,(H,24,25). The second-order valence-electron chi connectivity index (χ2n) is 6.69. The van der Waals surface area contributed by atoms with E-state index < -0.39 is 0 Å². The second-order valence-corrected chi connectivity index (χ2v) is 6.69. The fraction of sp³-hybridized carbons (Fsp3) is 0.364. The number of carbonyl (C=O) groups is 1. The van der Waals surface area contributed by atoms with E-state index in [-0.39, 0.29) is 12.0 Å². The lowest BCUT2D eigenvalue weighted by Gasteiger charge is -2.12. The Kier molecular flexibility index (Phi) is 6.89. The lowest BCUT2D eigenvalue weighted by molar-refractivity contribution is -0.116. The lowest BCUT2D eigenvalue weighted by atomic mass is 10.1. The van der Waals surface area contributed by atoms with Crippen LogP contribution in [0.15, 0.2) is 42.6 Å². The van der Waals surface area contributed by atoms with Gasteiger partial charge in [-0.1, -0.05) is 0 Å². The highest BCUT2D eigenvalue weighted by Crippen LogP contribution is 2.25. The van der Waals surface area contributed by atoms with E-state index in [4.69, 9.17) is 14.2 Å². The maximum atomic E-state index is 12.2. The van der Waals surface area contributed by atoms with Gasteiger partial charge in [0.05, 0.1) is 14.2 Å². The van der Waals surface area contributed by atoms with Crippen LogP contribution in [0.3, 0.4) is 0 Å². The van der Waals surface area contributed by atoms with E-state index in [9.17, 15) is 4.79 Å². The highest BCUT2D eigenvalue weighted by Gasteiger charge is 2.17. The molecule has 1 amide bonds. The predicted octanol–water partition coefficient (Wildman–Crippen LogP) is 3.75. The van der Waals surface area contributed by atoms with Crippen LogP contribution in [0.4, 0.5) is 0 Å². The Hall–Kier alpha value is -3.02. The van der Waals surface area contributed by atoms with E-state index in [0.29, 0.717) is 23.9 Å². The molecule has 28 heavy (non-hydrogen) atoms. The van der Waals surface area contributed by atoms with Gasteiger partial charge >= 0.3 is 0 Å². The molecule has 1 fully saturated rings. The van der Waals surface area contributed by atoms with Crippen LogP contribution in [0.25, 0.3) is 6.08 Å². The number of rotatable bonds is 8. The maximum Gasteiger partial charge on any atom is 0.244 e. The van der Waals surface area contributed by atoms with Crippen molar-refractivity contribution in [3.8, 4) is 17.4 Å². The molecule has 0 spiro atoms. The Morgan fingerprint density at radius 1 is 1.18 bits per heavy atom. The smallest absolute Gasteiger partial charge is 0.244 e. The summed E-state index contributed by atoms with van der Waals surface area (Å²) >= 11 is 0. The molecule has 1 aliphatic rings. The van der Waals surface area contributed by atoms with Crippen LogP contribution < -0.4 is 19.5 Å². The van der Waals surface area contributed by atoms with Gasteiger partial charge in [0.25, 0.3) is 0 Å². The number of aromatic nitrogens is 1. The molecule has 0 atom stereocenters. The number of ether oxygens (including phenoxy) is 3. The molecule has 2 aromatic rings. The number of nitrogens with one attached hydrogen (secondary N) is 1.